The van der Waals surface area contributed by atoms with Gasteiger partial charge in [-0.25, -0.2) is 17.1 Å². The highest BCUT2D eigenvalue weighted by Gasteiger charge is 2.32. The van der Waals surface area contributed by atoms with Gasteiger partial charge in [-0.05, 0) is 36.6 Å². The van der Waals surface area contributed by atoms with Gasteiger partial charge in [-0.3, -0.25) is 4.79 Å². The Kier molecular flexibility index (Phi) is 7.16. The van der Waals surface area contributed by atoms with Crippen molar-refractivity contribution in [1.29, 1.82) is 0 Å². The van der Waals surface area contributed by atoms with E-state index in [2.05, 4.69) is 5.32 Å². The summed E-state index contributed by atoms with van der Waals surface area (Å²) in [6, 6.07) is 10.9. The molecule has 1 unspecified atom stereocenters. The smallest absolute Gasteiger partial charge is 0.224 e. The highest BCUT2D eigenvalue weighted by Crippen LogP contribution is 2.26. The number of hydrogen-bond donors (Lipinski definition) is 1. The number of carbonyl (C=O) groups excluding carboxylic acids is 1. The first-order chi connectivity index (χ1) is 13.8. The van der Waals surface area contributed by atoms with Crippen LogP contribution in [0.3, 0.4) is 0 Å². The molecule has 1 amide bonds. The second-order valence-electron chi connectivity index (χ2n) is 7.00. The van der Waals surface area contributed by atoms with Crippen LogP contribution < -0.4 is 5.32 Å². The largest absolute Gasteiger partial charge is 0.352 e. The minimum atomic E-state index is -3.65. The van der Waals surface area contributed by atoms with Crippen LogP contribution in [0.1, 0.15) is 24.0 Å². The van der Waals surface area contributed by atoms with E-state index in [1.165, 1.54) is 16.4 Å². The maximum Gasteiger partial charge on any atom is 0.224 e. The maximum atomic E-state index is 13.7. The first-order valence-corrected chi connectivity index (χ1v) is 11.6. The summed E-state index contributed by atoms with van der Waals surface area (Å²) in [4.78, 5) is 12.5. The third-order valence-corrected chi connectivity index (χ3v) is 7.29. The van der Waals surface area contributed by atoms with Crippen LogP contribution >= 0.6 is 23.2 Å². The molecule has 1 aliphatic rings. The minimum absolute atomic E-state index is 0.0646. The molecule has 9 heteroatoms. The van der Waals surface area contributed by atoms with E-state index in [-0.39, 0.29) is 35.6 Å². The molecule has 1 N–H and O–H groups in total. The quantitative estimate of drug-likeness (QED) is 0.711. The van der Waals surface area contributed by atoms with E-state index in [0.717, 1.165) is 0 Å². The summed E-state index contributed by atoms with van der Waals surface area (Å²) in [5, 5.41) is 3.43. The summed E-state index contributed by atoms with van der Waals surface area (Å²) in [5.74, 6) is -1.41. The predicted molar refractivity (Wildman–Crippen MR) is 112 cm³/mol. The van der Waals surface area contributed by atoms with Gasteiger partial charge in [0.25, 0.3) is 0 Å². The first kappa shape index (κ1) is 22.0. The van der Waals surface area contributed by atoms with Crippen LogP contribution in [0.2, 0.25) is 10.0 Å². The fraction of sp³-hybridized carbons (Fsp3) is 0.350. The molecule has 3 rings (SSSR count). The minimum Gasteiger partial charge on any atom is -0.352 e. The number of carbonyl (C=O) groups is 1. The number of halogens is 3. The van der Waals surface area contributed by atoms with Crippen molar-refractivity contribution in [2.75, 3.05) is 13.1 Å². The van der Waals surface area contributed by atoms with Crippen LogP contribution in [-0.2, 0) is 27.1 Å². The SMILES string of the molecule is O=C(NCc1ccccc1F)C1CCCN(S(=O)(=O)Cc2ccc(Cl)cc2Cl)C1. The lowest BCUT2D eigenvalue weighted by Crippen LogP contribution is -2.45. The molecule has 2 aromatic carbocycles. The molecule has 0 aromatic heterocycles. The van der Waals surface area contributed by atoms with Gasteiger partial charge in [-0.15, -0.1) is 0 Å². The molecule has 5 nitrogen and oxygen atoms in total. The van der Waals surface area contributed by atoms with Gasteiger partial charge >= 0.3 is 0 Å². The number of nitrogens with zero attached hydrogens (tertiary/aromatic N) is 1. The normalized spacial score (nSPS) is 17.8. The van der Waals surface area contributed by atoms with Crippen molar-refractivity contribution in [3.8, 4) is 0 Å². The third-order valence-electron chi connectivity index (χ3n) is 4.91. The molecule has 0 saturated carbocycles. The maximum absolute atomic E-state index is 13.7. The predicted octanol–water partition coefficient (Wildman–Crippen LogP) is 3.99. The summed E-state index contributed by atoms with van der Waals surface area (Å²) < 4.78 is 40.7. The van der Waals surface area contributed by atoms with Gasteiger partial charge in [0.2, 0.25) is 15.9 Å². The lowest BCUT2D eigenvalue weighted by atomic mass is 9.98. The van der Waals surface area contributed by atoms with Crippen LogP contribution in [0, 0.1) is 11.7 Å². The molecule has 2 aromatic rings. The van der Waals surface area contributed by atoms with E-state index in [4.69, 9.17) is 23.2 Å². The monoisotopic (exact) mass is 458 g/mol. The second kappa shape index (κ2) is 9.43. The zero-order valence-electron chi connectivity index (χ0n) is 15.6. The molecule has 1 aliphatic heterocycles. The van der Waals surface area contributed by atoms with Crippen LogP contribution in [-0.4, -0.2) is 31.7 Å². The van der Waals surface area contributed by atoms with Gasteiger partial charge in [0.1, 0.15) is 5.82 Å². The molecule has 1 atom stereocenters. The zero-order valence-corrected chi connectivity index (χ0v) is 17.9. The van der Waals surface area contributed by atoms with Gasteiger partial charge in [0.05, 0.1) is 11.7 Å². The molecule has 0 bridgehead atoms. The van der Waals surface area contributed by atoms with Crippen molar-refractivity contribution in [2.24, 2.45) is 5.92 Å². The molecule has 0 radical (unpaired) electrons. The lowest BCUT2D eigenvalue weighted by Gasteiger charge is -2.31. The zero-order chi connectivity index (χ0) is 21.0. The molecule has 0 spiro atoms. The van der Waals surface area contributed by atoms with Crippen molar-refractivity contribution >= 4 is 39.1 Å². The Morgan fingerprint density at radius 1 is 1.17 bits per heavy atom. The van der Waals surface area contributed by atoms with Crippen molar-refractivity contribution in [3.63, 3.8) is 0 Å². The Bertz CT molecular complexity index is 1000. The van der Waals surface area contributed by atoms with Crippen LogP contribution in [0.5, 0.6) is 0 Å². The van der Waals surface area contributed by atoms with Gasteiger partial charge in [0.15, 0.2) is 0 Å². The summed E-state index contributed by atoms with van der Waals surface area (Å²) in [6.07, 6.45) is 1.15. The van der Waals surface area contributed by atoms with Crippen molar-refractivity contribution in [3.05, 3.63) is 69.5 Å². The topological polar surface area (TPSA) is 66.5 Å². The van der Waals surface area contributed by atoms with E-state index < -0.39 is 15.9 Å². The fourth-order valence-electron chi connectivity index (χ4n) is 3.30. The molecule has 1 fully saturated rings. The molecule has 29 heavy (non-hydrogen) atoms. The Labute approximate surface area is 179 Å². The fourth-order valence-corrected chi connectivity index (χ4v) is 5.50. The summed E-state index contributed by atoms with van der Waals surface area (Å²) >= 11 is 12.0. The van der Waals surface area contributed by atoms with Gasteiger partial charge in [-0.1, -0.05) is 47.5 Å². The third kappa shape index (κ3) is 5.69. The highest BCUT2D eigenvalue weighted by molar-refractivity contribution is 7.88. The van der Waals surface area contributed by atoms with E-state index in [0.29, 0.717) is 35.5 Å². The number of sulfonamides is 1. The standard InChI is InChI=1S/C20H21Cl2FN2O3S/c21-17-8-7-16(18(22)10-17)13-29(27,28)25-9-3-5-15(12-25)20(26)24-11-14-4-1-2-6-19(14)23/h1-2,4,6-8,10,15H,3,5,9,11-13H2,(H,24,26). The Hall–Kier alpha value is -1.67. The highest BCUT2D eigenvalue weighted by atomic mass is 35.5. The molecule has 156 valence electrons. The summed E-state index contributed by atoms with van der Waals surface area (Å²) in [5.41, 5.74) is 0.848. The van der Waals surface area contributed by atoms with E-state index in [1.54, 1.807) is 30.3 Å². The molecule has 1 heterocycles. The van der Waals surface area contributed by atoms with Gasteiger partial charge in [-0.2, -0.15) is 0 Å². The van der Waals surface area contributed by atoms with Crippen LogP contribution in [0.25, 0.3) is 0 Å². The van der Waals surface area contributed by atoms with E-state index >= 15 is 0 Å². The summed E-state index contributed by atoms with van der Waals surface area (Å²) in [6.45, 7) is 0.510. The summed E-state index contributed by atoms with van der Waals surface area (Å²) in [7, 11) is -3.65. The number of nitrogens with one attached hydrogen (secondary N) is 1. The van der Waals surface area contributed by atoms with Crippen LogP contribution in [0.4, 0.5) is 4.39 Å². The number of rotatable bonds is 6. The van der Waals surface area contributed by atoms with Crippen molar-refractivity contribution in [2.45, 2.75) is 25.1 Å². The molecular weight excluding hydrogens is 438 g/mol. The van der Waals surface area contributed by atoms with Crippen LogP contribution in [0.15, 0.2) is 42.5 Å². The van der Waals surface area contributed by atoms with Crippen molar-refractivity contribution in [1.82, 2.24) is 9.62 Å². The van der Waals surface area contributed by atoms with Gasteiger partial charge in [0, 0.05) is 35.2 Å². The first-order valence-electron chi connectivity index (χ1n) is 9.19. The molecule has 1 saturated heterocycles. The lowest BCUT2D eigenvalue weighted by molar-refractivity contribution is -0.126. The Balaban J connectivity index is 1.63. The van der Waals surface area contributed by atoms with Crippen molar-refractivity contribution < 1.29 is 17.6 Å². The number of piperidine rings is 1. The average molecular weight is 459 g/mol. The number of hydrogen-bond acceptors (Lipinski definition) is 3. The molecule has 0 aliphatic carbocycles. The van der Waals surface area contributed by atoms with E-state index in [9.17, 15) is 17.6 Å². The second-order valence-corrected chi connectivity index (χ2v) is 9.81. The van der Waals surface area contributed by atoms with E-state index in [1.807, 2.05) is 0 Å². The number of benzene rings is 2. The average Bonchev–Trinajstić information content (AvgIpc) is 2.69. The Morgan fingerprint density at radius 3 is 2.66 bits per heavy atom. The number of amides is 1. The Morgan fingerprint density at radius 2 is 1.93 bits per heavy atom. The molecular formula is C20H21Cl2FN2O3S. The van der Waals surface area contributed by atoms with Gasteiger partial charge < -0.3 is 5.32 Å².